The first-order valence-corrected chi connectivity index (χ1v) is 10.7. The standard InChI is InChI=1S/C18H28N6O2S/c1-22-14(4-5-16(25)23-7-2-3-8-23)10-19-18(26)17-15(22)6-9-24(17)11-13-12-27-21-20-13/h12,14-15,17H,2-11H2,1H3,(H,19,26). The fourth-order valence-electron chi connectivity index (χ4n) is 4.70. The molecule has 3 aliphatic rings. The van der Waals surface area contributed by atoms with Gasteiger partial charge in [0.2, 0.25) is 11.8 Å². The summed E-state index contributed by atoms with van der Waals surface area (Å²) >= 11 is 1.34. The quantitative estimate of drug-likeness (QED) is 0.777. The third-order valence-corrected chi connectivity index (χ3v) is 6.82. The fraction of sp³-hybridized carbons (Fsp3) is 0.778. The van der Waals surface area contributed by atoms with Crippen LogP contribution in [0.25, 0.3) is 0 Å². The van der Waals surface area contributed by atoms with Gasteiger partial charge in [-0.25, -0.2) is 0 Å². The largest absolute Gasteiger partial charge is 0.353 e. The van der Waals surface area contributed by atoms with Crippen molar-refractivity contribution in [3.8, 4) is 0 Å². The van der Waals surface area contributed by atoms with E-state index in [1.165, 1.54) is 11.5 Å². The fourth-order valence-corrected chi connectivity index (χ4v) is 5.14. The number of likely N-dealkylation sites (N-methyl/N-ethyl adjacent to an activating group) is 1. The average Bonchev–Trinajstić information content (AvgIpc) is 3.41. The molecule has 0 radical (unpaired) electrons. The van der Waals surface area contributed by atoms with Gasteiger partial charge in [0.25, 0.3) is 0 Å². The molecule has 8 nitrogen and oxygen atoms in total. The highest BCUT2D eigenvalue weighted by molar-refractivity contribution is 7.03. The highest BCUT2D eigenvalue weighted by atomic mass is 32.1. The molecule has 2 amide bonds. The number of rotatable bonds is 5. The predicted molar refractivity (Wildman–Crippen MR) is 102 cm³/mol. The van der Waals surface area contributed by atoms with Crippen LogP contribution in [0.2, 0.25) is 0 Å². The van der Waals surface area contributed by atoms with Gasteiger partial charge in [-0.2, -0.15) is 0 Å². The second kappa shape index (κ2) is 8.20. The summed E-state index contributed by atoms with van der Waals surface area (Å²) in [5.41, 5.74) is 0.924. The first-order chi connectivity index (χ1) is 13.1. The topological polar surface area (TPSA) is 81.7 Å². The molecule has 27 heavy (non-hydrogen) atoms. The third kappa shape index (κ3) is 4.00. The second-order valence-electron chi connectivity index (χ2n) is 7.86. The maximum absolute atomic E-state index is 12.8. The Morgan fingerprint density at radius 3 is 2.89 bits per heavy atom. The van der Waals surface area contributed by atoms with Gasteiger partial charge in [0, 0.05) is 56.6 Å². The summed E-state index contributed by atoms with van der Waals surface area (Å²) < 4.78 is 3.92. The number of carbonyl (C=O) groups excluding carboxylic acids is 2. The molecule has 4 heterocycles. The Morgan fingerprint density at radius 2 is 2.15 bits per heavy atom. The number of amides is 2. The second-order valence-corrected chi connectivity index (χ2v) is 8.47. The summed E-state index contributed by atoms with van der Waals surface area (Å²) in [5, 5.41) is 9.19. The van der Waals surface area contributed by atoms with E-state index in [9.17, 15) is 9.59 Å². The van der Waals surface area contributed by atoms with Gasteiger partial charge < -0.3 is 10.2 Å². The van der Waals surface area contributed by atoms with E-state index in [1.54, 1.807) is 0 Å². The molecular weight excluding hydrogens is 364 g/mol. The van der Waals surface area contributed by atoms with Gasteiger partial charge in [-0.3, -0.25) is 19.4 Å². The van der Waals surface area contributed by atoms with Crippen LogP contribution in [0.4, 0.5) is 0 Å². The molecule has 0 saturated carbocycles. The first kappa shape index (κ1) is 18.8. The summed E-state index contributed by atoms with van der Waals surface area (Å²) in [6.07, 6.45) is 4.57. The molecular formula is C18H28N6O2S. The lowest BCUT2D eigenvalue weighted by Crippen LogP contribution is -2.49. The Morgan fingerprint density at radius 1 is 1.33 bits per heavy atom. The van der Waals surface area contributed by atoms with Crippen molar-refractivity contribution >= 4 is 23.3 Å². The van der Waals surface area contributed by atoms with E-state index in [-0.39, 0.29) is 29.9 Å². The van der Waals surface area contributed by atoms with Crippen LogP contribution < -0.4 is 5.32 Å². The zero-order valence-corrected chi connectivity index (χ0v) is 16.7. The molecule has 0 bridgehead atoms. The maximum atomic E-state index is 12.8. The number of nitrogens with zero attached hydrogens (tertiary/aromatic N) is 5. The molecule has 3 aliphatic heterocycles. The molecule has 0 aromatic carbocycles. The summed E-state index contributed by atoms with van der Waals surface area (Å²) in [4.78, 5) is 31.7. The lowest BCUT2D eigenvalue weighted by Gasteiger charge is -2.33. The van der Waals surface area contributed by atoms with Gasteiger partial charge in [0.15, 0.2) is 0 Å². The van der Waals surface area contributed by atoms with E-state index in [4.69, 9.17) is 0 Å². The van der Waals surface area contributed by atoms with Gasteiger partial charge in [-0.15, -0.1) is 5.10 Å². The first-order valence-electron chi connectivity index (χ1n) is 9.91. The number of carbonyl (C=O) groups is 2. The molecule has 148 valence electrons. The average molecular weight is 393 g/mol. The van der Waals surface area contributed by atoms with E-state index >= 15 is 0 Å². The number of hydrogen-bond donors (Lipinski definition) is 1. The Bertz CT molecular complexity index is 663. The minimum atomic E-state index is -0.156. The normalized spacial score (nSPS) is 29.6. The summed E-state index contributed by atoms with van der Waals surface area (Å²) in [7, 11) is 2.11. The summed E-state index contributed by atoms with van der Waals surface area (Å²) in [6, 6.07) is 0.235. The van der Waals surface area contributed by atoms with Crippen LogP contribution in [-0.4, -0.2) is 87.5 Å². The smallest absolute Gasteiger partial charge is 0.239 e. The number of hydrogen-bond acceptors (Lipinski definition) is 7. The van der Waals surface area contributed by atoms with Crippen LogP contribution in [0.5, 0.6) is 0 Å². The number of nitrogens with one attached hydrogen (secondary N) is 1. The minimum Gasteiger partial charge on any atom is -0.353 e. The predicted octanol–water partition coefficient (Wildman–Crippen LogP) is 0.314. The lowest BCUT2D eigenvalue weighted by atomic mass is 10.0. The van der Waals surface area contributed by atoms with Crippen molar-refractivity contribution in [2.75, 3.05) is 33.2 Å². The highest BCUT2D eigenvalue weighted by Crippen LogP contribution is 2.28. The van der Waals surface area contributed by atoms with Crippen LogP contribution in [0.1, 0.15) is 37.8 Å². The van der Waals surface area contributed by atoms with E-state index in [1.807, 2.05) is 10.3 Å². The van der Waals surface area contributed by atoms with Crippen molar-refractivity contribution in [1.82, 2.24) is 29.6 Å². The monoisotopic (exact) mass is 392 g/mol. The Balaban J connectivity index is 1.38. The van der Waals surface area contributed by atoms with Crippen molar-refractivity contribution in [2.24, 2.45) is 0 Å². The summed E-state index contributed by atoms with van der Waals surface area (Å²) in [6.45, 7) is 3.96. The Kier molecular flexibility index (Phi) is 5.70. The van der Waals surface area contributed by atoms with E-state index in [2.05, 4.69) is 31.8 Å². The van der Waals surface area contributed by atoms with Gasteiger partial charge in [-0.05, 0) is 44.3 Å². The third-order valence-electron chi connectivity index (χ3n) is 6.27. The molecule has 0 spiro atoms. The maximum Gasteiger partial charge on any atom is 0.239 e. The van der Waals surface area contributed by atoms with E-state index < -0.39 is 0 Å². The van der Waals surface area contributed by atoms with Gasteiger partial charge >= 0.3 is 0 Å². The van der Waals surface area contributed by atoms with Crippen LogP contribution in [0.3, 0.4) is 0 Å². The molecule has 4 rings (SSSR count). The van der Waals surface area contributed by atoms with Gasteiger partial charge in [-0.1, -0.05) is 4.49 Å². The van der Waals surface area contributed by atoms with Crippen molar-refractivity contribution < 1.29 is 9.59 Å². The molecule has 1 N–H and O–H groups in total. The molecule has 3 atom stereocenters. The number of fused-ring (bicyclic) bond motifs is 1. The molecule has 1 aromatic heterocycles. The minimum absolute atomic E-state index is 0.0981. The van der Waals surface area contributed by atoms with Crippen LogP contribution in [0.15, 0.2) is 5.38 Å². The van der Waals surface area contributed by atoms with E-state index in [0.29, 0.717) is 19.5 Å². The van der Waals surface area contributed by atoms with Crippen LogP contribution in [-0.2, 0) is 16.1 Å². The van der Waals surface area contributed by atoms with Gasteiger partial charge in [0.05, 0.1) is 5.69 Å². The molecule has 0 aliphatic carbocycles. The van der Waals surface area contributed by atoms with Crippen molar-refractivity contribution in [1.29, 1.82) is 0 Å². The molecule has 3 fully saturated rings. The highest BCUT2D eigenvalue weighted by Gasteiger charge is 2.45. The number of likely N-dealkylation sites (tertiary alicyclic amines) is 2. The Hall–Kier alpha value is -1.58. The van der Waals surface area contributed by atoms with Crippen LogP contribution >= 0.6 is 11.5 Å². The van der Waals surface area contributed by atoms with Crippen molar-refractivity contribution in [3.05, 3.63) is 11.1 Å². The number of aromatic nitrogens is 2. The van der Waals surface area contributed by atoms with Gasteiger partial charge in [0.1, 0.15) is 6.04 Å². The molecule has 3 unspecified atom stereocenters. The van der Waals surface area contributed by atoms with Crippen LogP contribution in [0, 0.1) is 0 Å². The molecule has 3 saturated heterocycles. The Labute approximate surface area is 164 Å². The zero-order valence-electron chi connectivity index (χ0n) is 15.8. The van der Waals surface area contributed by atoms with E-state index in [0.717, 1.165) is 51.0 Å². The SMILES string of the molecule is CN1C(CCC(=O)N2CCCC2)CNC(=O)C2C1CCN2Cc1csnn1. The zero-order chi connectivity index (χ0) is 18.8. The molecule has 1 aromatic rings. The summed E-state index contributed by atoms with van der Waals surface area (Å²) in [5.74, 6) is 0.359. The van der Waals surface area contributed by atoms with Crippen molar-refractivity contribution in [3.63, 3.8) is 0 Å². The lowest BCUT2D eigenvalue weighted by molar-refractivity contribution is -0.130. The van der Waals surface area contributed by atoms with Crippen molar-refractivity contribution in [2.45, 2.75) is 56.8 Å². The molecule has 9 heteroatoms.